The minimum absolute atomic E-state index is 0.0811. The zero-order chi connectivity index (χ0) is 23.0. The topological polar surface area (TPSA) is 41.6 Å². The second-order valence-electron chi connectivity index (χ2n) is 8.81. The van der Waals surface area contributed by atoms with Gasteiger partial charge >= 0.3 is 0 Å². The van der Waals surface area contributed by atoms with Crippen molar-refractivity contribution in [3.63, 3.8) is 0 Å². The number of amides is 1. The molecule has 0 radical (unpaired) electrons. The molecular formula is C28H31FN2O2. The van der Waals surface area contributed by atoms with Gasteiger partial charge < -0.3 is 10.1 Å². The van der Waals surface area contributed by atoms with Crippen LogP contribution in [0.25, 0.3) is 0 Å². The summed E-state index contributed by atoms with van der Waals surface area (Å²) in [5.74, 6) is 0.715. The Morgan fingerprint density at radius 3 is 2.18 bits per heavy atom. The van der Waals surface area contributed by atoms with Crippen molar-refractivity contribution in [3.8, 4) is 5.75 Å². The van der Waals surface area contributed by atoms with Crippen molar-refractivity contribution in [1.82, 2.24) is 10.2 Å². The molecule has 1 aliphatic rings. The number of hydrogen-bond acceptors (Lipinski definition) is 3. The molecule has 0 spiro atoms. The minimum atomic E-state index is -0.252. The summed E-state index contributed by atoms with van der Waals surface area (Å²) in [5, 5.41) is 3.09. The number of carbonyl (C=O) groups is 1. The van der Waals surface area contributed by atoms with Gasteiger partial charge in [-0.2, -0.15) is 0 Å². The second kappa shape index (κ2) is 11.1. The predicted octanol–water partition coefficient (Wildman–Crippen LogP) is 5.24. The van der Waals surface area contributed by atoms with Crippen molar-refractivity contribution in [3.05, 3.63) is 101 Å². The van der Waals surface area contributed by atoms with Gasteiger partial charge in [-0.3, -0.25) is 9.69 Å². The molecule has 33 heavy (non-hydrogen) atoms. The highest BCUT2D eigenvalue weighted by atomic mass is 19.1. The lowest BCUT2D eigenvalue weighted by atomic mass is 9.95. The van der Waals surface area contributed by atoms with E-state index in [9.17, 15) is 9.18 Å². The standard InChI is InChI=1S/C28H31FN2O2/c1-21-2-4-23(5-3-21)19-31-16-14-25(15-17-31)28(32)30-18-22-8-12-27(13-9-22)33-20-24-6-10-26(29)11-7-24/h2-13,25H,14-20H2,1H3,(H,30,32). The summed E-state index contributed by atoms with van der Waals surface area (Å²) < 4.78 is 18.7. The van der Waals surface area contributed by atoms with Crippen molar-refractivity contribution in [2.24, 2.45) is 5.92 Å². The molecule has 0 unspecified atom stereocenters. The van der Waals surface area contributed by atoms with E-state index in [1.54, 1.807) is 12.1 Å². The Hall–Kier alpha value is -3.18. The van der Waals surface area contributed by atoms with Gasteiger partial charge in [0.05, 0.1) is 0 Å². The fourth-order valence-electron chi connectivity index (χ4n) is 4.09. The summed E-state index contributed by atoms with van der Waals surface area (Å²) in [5.41, 5.74) is 4.56. The number of halogens is 1. The van der Waals surface area contributed by atoms with Crippen LogP contribution in [0.2, 0.25) is 0 Å². The largest absolute Gasteiger partial charge is 0.489 e. The molecule has 172 valence electrons. The third kappa shape index (κ3) is 6.90. The van der Waals surface area contributed by atoms with Gasteiger partial charge in [-0.1, -0.05) is 54.1 Å². The molecule has 0 aliphatic carbocycles. The van der Waals surface area contributed by atoms with Crippen molar-refractivity contribution in [1.29, 1.82) is 0 Å². The van der Waals surface area contributed by atoms with Crippen LogP contribution in [0.15, 0.2) is 72.8 Å². The van der Waals surface area contributed by atoms with Crippen LogP contribution in [0.4, 0.5) is 4.39 Å². The van der Waals surface area contributed by atoms with Crippen LogP contribution in [0.5, 0.6) is 5.75 Å². The van der Waals surface area contributed by atoms with Crippen molar-refractivity contribution in [2.45, 2.75) is 39.5 Å². The van der Waals surface area contributed by atoms with E-state index in [0.29, 0.717) is 13.2 Å². The molecule has 1 amide bonds. The maximum atomic E-state index is 13.0. The predicted molar refractivity (Wildman–Crippen MR) is 128 cm³/mol. The van der Waals surface area contributed by atoms with E-state index in [1.807, 2.05) is 24.3 Å². The van der Waals surface area contributed by atoms with Gasteiger partial charge in [-0.15, -0.1) is 0 Å². The Morgan fingerprint density at radius 1 is 0.909 bits per heavy atom. The van der Waals surface area contributed by atoms with Crippen molar-refractivity contribution >= 4 is 5.91 Å². The first-order chi connectivity index (χ1) is 16.0. The molecule has 1 aliphatic heterocycles. The summed E-state index contributed by atoms with van der Waals surface area (Å²) in [6.45, 7) is 5.86. The van der Waals surface area contributed by atoms with E-state index in [-0.39, 0.29) is 17.6 Å². The SMILES string of the molecule is Cc1ccc(CN2CCC(C(=O)NCc3ccc(OCc4ccc(F)cc4)cc3)CC2)cc1. The number of nitrogens with zero attached hydrogens (tertiary/aromatic N) is 1. The molecule has 0 bridgehead atoms. The monoisotopic (exact) mass is 446 g/mol. The van der Waals surface area contributed by atoms with Crippen LogP contribution in [0.3, 0.4) is 0 Å². The summed E-state index contributed by atoms with van der Waals surface area (Å²) in [6.07, 6.45) is 1.79. The van der Waals surface area contributed by atoms with E-state index >= 15 is 0 Å². The summed E-state index contributed by atoms with van der Waals surface area (Å²) in [7, 11) is 0. The number of aryl methyl sites for hydroxylation is 1. The van der Waals surface area contributed by atoms with E-state index < -0.39 is 0 Å². The molecule has 4 nitrogen and oxygen atoms in total. The summed E-state index contributed by atoms with van der Waals surface area (Å²) in [4.78, 5) is 15.1. The highest BCUT2D eigenvalue weighted by molar-refractivity contribution is 5.78. The fourth-order valence-corrected chi connectivity index (χ4v) is 4.09. The zero-order valence-electron chi connectivity index (χ0n) is 19.1. The van der Waals surface area contributed by atoms with Gasteiger partial charge in [0.25, 0.3) is 0 Å². The average Bonchev–Trinajstić information content (AvgIpc) is 2.85. The number of carbonyl (C=O) groups excluding carboxylic acids is 1. The number of likely N-dealkylation sites (tertiary alicyclic amines) is 1. The molecule has 5 heteroatoms. The zero-order valence-corrected chi connectivity index (χ0v) is 19.1. The van der Waals surface area contributed by atoms with Crippen molar-refractivity contribution < 1.29 is 13.9 Å². The highest BCUT2D eigenvalue weighted by Crippen LogP contribution is 2.20. The Balaban J connectivity index is 1.17. The van der Waals surface area contributed by atoms with E-state index in [1.165, 1.54) is 23.3 Å². The first kappa shape index (κ1) is 23.0. The number of piperidine rings is 1. The maximum Gasteiger partial charge on any atom is 0.223 e. The number of hydrogen-bond donors (Lipinski definition) is 1. The molecule has 1 heterocycles. The van der Waals surface area contributed by atoms with Crippen LogP contribution in [0, 0.1) is 18.7 Å². The Morgan fingerprint density at radius 2 is 1.52 bits per heavy atom. The molecule has 0 aromatic heterocycles. The Bertz CT molecular complexity index is 1030. The van der Waals surface area contributed by atoms with Crippen LogP contribution in [-0.2, 0) is 24.5 Å². The van der Waals surface area contributed by atoms with E-state index in [0.717, 1.165) is 49.4 Å². The smallest absolute Gasteiger partial charge is 0.223 e. The van der Waals surface area contributed by atoms with Gasteiger partial charge in [-0.05, 0) is 73.8 Å². The van der Waals surface area contributed by atoms with Crippen LogP contribution >= 0.6 is 0 Å². The molecule has 1 saturated heterocycles. The number of ether oxygens (including phenoxy) is 1. The van der Waals surface area contributed by atoms with Gasteiger partial charge in [0.2, 0.25) is 5.91 Å². The fraction of sp³-hybridized carbons (Fsp3) is 0.321. The average molecular weight is 447 g/mol. The van der Waals surface area contributed by atoms with Gasteiger partial charge in [0, 0.05) is 19.0 Å². The molecule has 1 N–H and O–H groups in total. The van der Waals surface area contributed by atoms with Crippen molar-refractivity contribution in [2.75, 3.05) is 13.1 Å². The van der Waals surface area contributed by atoms with E-state index in [4.69, 9.17) is 4.74 Å². The Labute approximate surface area is 195 Å². The lowest BCUT2D eigenvalue weighted by molar-refractivity contribution is -0.126. The normalized spacial score (nSPS) is 14.7. The molecular weight excluding hydrogens is 415 g/mol. The molecule has 3 aromatic rings. The van der Waals surface area contributed by atoms with Crippen LogP contribution in [0.1, 0.15) is 35.1 Å². The molecule has 1 fully saturated rings. The molecule has 0 saturated carbocycles. The first-order valence-corrected chi connectivity index (χ1v) is 11.6. The third-order valence-electron chi connectivity index (χ3n) is 6.19. The Kier molecular flexibility index (Phi) is 7.74. The minimum Gasteiger partial charge on any atom is -0.489 e. The lowest BCUT2D eigenvalue weighted by Gasteiger charge is -2.31. The van der Waals surface area contributed by atoms with Gasteiger partial charge in [-0.25, -0.2) is 4.39 Å². The first-order valence-electron chi connectivity index (χ1n) is 11.6. The van der Waals surface area contributed by atoms with Gasteiger partial charge in [0.1, 0.15) is 18.2 Å². The molecule has 3 aromatic carbocycles. The summed E-state index contributed by atoms with van der Waals surface area (Å²) >= 11 is 0. The number of benzene rings is 3. The van der Waals surface area contributed by atoms with Gasteiger partial charge in [0.15, 0.2) is 0 Å². The second-order valence-corrected chi connectivity index (χ2v) is 8.81. The molecule has 4 rings (SSSR count). The van der Waals surface area contributed by atoms with Crippen LogP contribution < -0.4 is 10.1 Å². The highest BCUT2D eigenvalue weighted by Gasteiger charge is 2.24. The quantitative estimate of drug-likeness (QED) is 0.514. The van der Waals surface area contributed by atoms with E-state index in [2.05, 4.69) is 41.4 Å². The summed E-state index contributed by atoms with van der Waals surface area (Å²) in [6, 6.07) is 22.7. The third-order valence-corrected chi connectivity index (χ3v) is 6.19. The molecule has 0 atom stereocenters. The number of rotatable bonds is 8. The lowest BCUT2D eigenvalue weighted by Crippen LogP contribution is -2.40. The van der Waals surface area contributed by atoms with Crippen LogP contribution in [-0.4, -0.2) is 23.9 Å². The number of nitrogens with one attached hydrogen (secondary N) is 1. The maximum absolute atomic E-state index is 13.0.